The first-order valence-corrected chi connectivity index (χ1v) is 8.67. The first kappa shape index (κ1) is 17.9. The fourth-order valence-corrected chi connectivity index (χ4v) is 4.11. The third-order valence-corrected chi connectivity index (χ3v) is 5.85. The van der Waals surface area contributed by atoms with Crippen LogP contribution in [-0.2, 0) is 10.0 Å². The molecule has 0 bridgehead atoms. The Balaban J connectivity index is 0.00000200. The summed E-state index contributed by atoms with van der Waals surface area (Å²) in [6, 6.07) is 3.81. The lowest BCUT2D eigenvalue weighted by atomic mass is 10.2. The van der Waals surface area contributed by atoms with Crippen molar-refractivity contribution in [3.63, 3.8) is 0 Å². The van der Waals surface area contributed by atoms with Crippen molar-refractivity contribution in [3.05, 3.63) is 27.7 Å². The Morgan fingerprint density at radius 2 is 2.05 bits per heavy atom. The molecule has 0 spiro atoms. The number of rotatable bonds is 4. The summed E-state index contributed by atoms with van der Waals surface area (Å²) in [7, 11) is -3.43. The van der Waals surface area contributed by atoms with Gasteiger partial charge in [0.2, 0.25) is 10.0 Å². The maximum Gasteiger partial charge on any atom is 0.240 e. The monoisotopic (exact) mass is 382 g/mol. The predicted octanol–water partition coefficient (Wildman–Crippen LogP) is 2.52. The smallest absolute Gasteiger partial charge is 0.240 e. The van der Waals surface area contributed by atoms with Crippen LogP contribution >= 0.6 is 28.3 Å². The molecule has 7 heteroatoms. The Morgan fingerprint density at radius 1 is 1.35 bits per heavy atom. The van der Waals surface area contributed by atoms with Gasteiger partial charge in [0.05, 0.1) is 4.90 Å². The van der Waals surface area contributed by atoms with Gasteiger partial charge >= 0.3 is 0 Å². The minimum Gasteiger partial charge on any atom is -0.313 e. The molecule has 1 aliphatic rings. The van der Waals surface area contributed by atoms with E-state index < -0.39 is 10.0 Å². The van der Waals surface area contributed by atoms with Gasteiger partial charge in [0.25, 0.3) is 0 Å². The minimum absolute atomic E-state index is 0. The molecule has 1 aromatic carbocycles. The van der Waals surface area contributed by atoms with Crippen LogP contribution in [0.15, 0.2) is 21.5 Å². The average Bonchev–Trinajstić information content (AvgIpc) is 2.84. The minimum atomic E-state index is -3.43. The molecule has 1 atom stereocenters. The Morgan fingerprint density at radius 3 is 2.65 bits per heavy atom. The molecule has 0 aliphatic carbocycles. The van der Waals surface area contributed by atoms with E-state index in [0.29, 0.717) is 11.4 Å². The van der Waals surface area contributed by atoms with Crippen LogP contribution in [0.25, 0.3) is 0 Å². The van der Waals surface area contributed by atoms with Crippen molar-refractivity contribution in [3.8, 4) is 0 Å². The summed E-state index contributed by atoms with van der Waals surface area (Å²) < 4.78 is 28.3. The van der Waals surface area contributed by atoms with Crippen molar-refractivity contribution in [1.82, 2.24) is 10.0 Å². The third-order valence-electron chi connectivity index (χ3n) is 3.43. The lowest BCUT2D eigenvalue weighted by Gasteiger charge is -2.14. The number of sulfonamides is 1. The molecule has 1 saturated heterocycles. The molecule has 0 saturated carbocycles. The molecule has 2 N–H and O–H groups in total. The van der Waals surface area contributed by atoms with Crippen molar-refractivity contribution < 1.29 is 8.42 Å². The lowest BCUT2D eigenvalue weighted by Crippen LogP contribution is -2.37. The van der Waals surface area contributed by atoms with Crippen molar-refractivity contribution in [2.75, 3.05) is 13.1 Å². The molecular weight excluding hydrogens is 364 g/mol. The Hall–Kier alpha value is -0.140. The standard InChI is InChI=1S/C13H19BrN2O2S.ClH/c1-9-7-13(10(2)6-12(9)14)19(17,18)16-8-11-4-3-5-15-11;/h6-7,11,15-16H,3-5,8H2,1-2H3;1H. The van der Waals surface area contributed by atoms with E-state index in [2.05, 4.69) is 26.0 Å². The largest absolute Gasteiger partial charge is 0.313 e. The van der Waals surface area contributed by atoms with Crippen molar-refractivity contribution in [2.24, 2.45) is 0 Å². The number of aryl methyl sites for hydroxylation is 2. The van der Waals surface area contributed by atoms with E-state index in [1.165, 1.54) is 0 Å². The quantitative estimate of drug-likeness (QED) is 0.840. The van der Waals surface area contributed by atoms with Gasteiger partial charge in [0.1, 0.15) is 0 Å². The molecule has 1 unspecified atom stereocenters. The van der Waals surface area contributed by atoms with Gasteiger partial charge < -0.3 is 5.32 Å². The van der Waals surface area contributed by atoms with Gasteiger partial charge in [0, 0.05) is 17.1 Å². The lowest BCUT2D eigenvalue weighted by molar-refractivity contribution is 0.551. The average molecular weight is 384 g/mol. The van der Waals surface area contributed by atoms with Gasteiger partial charge in [-0.2, -0.15) is 0 Å². The highest BCUT2D eigenvalue weighted by Gasteiger charge is 2.21. The van der Waals surface area contributed by atoms with Crippen LogP contribution in [0.2, 0.25) is 0 Å². The normalized spacial score (nSPS) is 18.9. The van der Waals surface area contributed by atoms with Crippen molar-refractivity contribution >= 4 is 38.4 Å². The van der Waals surface area contributed by atoms with Crippen LogP contribution in [0.5, 0.6) is 0 Å². The number of benzene rings is 1. The van der Waals surface area contributed by atoms with Gasteiger partial charge in [0.15, 0.2) is 0 Å². The first-order valence-electron chi connectivity index (χ1n) is 6.40. The zero-order valence-corrected chi connectivity index (χ0v) is 14.8. The first-order chi connectivity index (χ1) is 8.90. The Bertz CT molecular complexity index is 572. The number of halogens is 2. The van der Waals surface area contributed by atoms with Crippen LogP contribution in [0.1, 0.15) is 24.0 Å². The van der Waals surface area contributed by atoms with Gasteiger partial charge in [-0.25, -0.2) is 13.1 Å². The zero-order chi connectivity index (χ0) is 14.0. The number of hydrogen-bond donors (Lipinski definition) is 2. The van der Waals surface area contributed by atoms with Crippen LogP contribution in [-0.4, -0.2) is 27.5 Å². The fraction of sp³-hybridized carbons (Fsp3) is 0.538. The molecule has 20 heavy (non-hydrogen) atoms. The van der Waals surface area contributed by atoms with Gasteiger partial charge in [-0.3, -0.25) is 0 Å². The predicted molar refractivity (Wildman–Crippen MR) is 87.1 cm³/mol. The Labute approximate surface area is 135 Å². The third kappa shape index (κ3) is 4.18. The Kier molecular flexibility index (Phi) is 6.47. The second kappa shape index (κ2) is 7.22. The molecule has 0 aromatic heterocycles. The van der Waals surface area contributed by atoms with Crippen LogP contribution in [0.4, 0.5) is 0 Å². The highest BCUT2D eigenvalue weighted by Crippen LogP contribution is 2.24. The molecule has 1 fully saturated rings. The van der Waals surface area contributed by atoms with Crippen molar-refractivity contribution in [1.29, 1.82) is 0 Å². The summed E-state index contributed by atoms with van der Waals surface area (Å²) in [5.41, 5.74) is 1.68. The number of nitrogens with one attached hydrogen (secondary N) is 2. The van der Waals surface area contributed by atoms with Gasteiger partial charge in [-0.1, -0.05) is 15.9 Å². The van der Waals surface area contributed by atoms with Gasteiger partial charge in [-0.05, 0) is 56.5 Å². The molecule has 114 valence electrons. The van der Waals surface area contributed by atoms with Crippen LogP contribution < -0.4 is 10.0 Å². The highest BCUT2D eigenvalue weighted by atomic mass is 79.9. The molecule has 1 aromatic rings. The molecule has 1 aliphatic heterocycles. The second-order valence-corrected chi connectivity index (χ2v) is 7.60. The SMILES string of the molecule is Cc1cc(S(=O)(=O)NCC2CCCN2)c(C)cc1Br.Cl. The van der Waals surface area contributed by atoms with E-state index in [1.807, 2.05) is 19.9 Å². The summed E-state index contributed by atoms with van der Waals surface area (Å²) in [4.78, 5) is 0.367. The van der Waals surface area contributed by atoms with Gasteiger partial charge in [-0.15, -0.1) is 12.4 Å². The van der Waals surface area contributed by atoms with E-state index in [9.17, 15) is 8.42 Å². The van der Waals surface area contributed by atoms with E-state index in [-0.39, 0.29) is 18.4 Å². The summed E-state index contributed by atoms with van der Waals surface area (Å²) in [5.74, 6) is 0. The van der Waals surface area contributed by atoms with Crippen LogP contribution in [0.3, 0.4) is 0 Å². The maximum atomic E-state index is 12.3. The number of hydrogen-bond acceptors (Lipinski definition) is 3. The zero-order valence-electron chi connectivity index (χ0n) is 11.6. The summed E-state index contributed by atoms with van der Waals surface area (Å²) in [6.07, 6.45) is 2.14. The van der Waals surface area contributed by atoms with E-state index in [1.54, 1.807) is 6.07 Å². The molecule has 1 heterocycles. The molecular formula is C13H20BrClN2O2S. The summed E-state index contributed by atoms with van der Waals surface area (Å²) in [6.45, 7) is 5.13. The van der Waals surface area contributed by atoms with Crippen molar-refractivity contribution in [2.45, 2.75) is 37.6 Å². The summed E-state index contributed by atoms with van der Waals surface area (Å²) in [5, 5.41) is 3.28. The maximum absolute atomic E-state index is 12.3. The topological polar surface area (TPSA) is 58.2 Å². The second-order valence-electron chi connectivity index (χ2n) is 5.01. The molecule has 4 nitrogen and oxygen atoms in total. The van der Waals surface area contributed by atoms with E-state index >= 15 is 0 Å². The van der Waals surface area contributed by atoms with E-state index in [0.717, 1.165) is 35.0 Å². The highest BCUT2D eigenvalue weighted by molar-refractivity contribution is 9.10. The molecule has 0 radical (unpaired) electrons. The molecule has 2 rings (SSSR count). The fourth-order valence-electron chi connectivity index (χ4n) is 2.26. The van der Waals surface area contributed by atoms with E-state index in [4.69, 9.17) is 0 Å². The summed E-state index contributed by atoms with van der Waals surface area (Å²) >= 11 is 3.41. The molecule has 0 amide bonds. The van der Waals surface area contributed by atoms with Crippen LogP contribution in [0, 0.1) is 13.8 Å².